The Bertz CT molecular complexity index is 1470. The SMILES string of the molecule is CNC(=O)C(=O)CC[C@H](NC(=O)c1scc(C)c1Cl)C(=O)Nc1cccn(CC(=O)NC2C3CC4CC(C3)CC2C4)c1=O. The van der Waals surface area contributed by atoms with E-state index in [4.69, 9.17) is 11.6 Å². The summed E-state index contributed by atoms with van der Waals surface area (Å²) in [6.45, 7) is 1.55. The number of aryl methyl sites for hydroxylation is 1. The lowest BCUT2D eigenvalue weighted by Crippen LogP contribution is -2.56. The number of likely N-dealkylation sites (N-methyl/N-ethyl adjacent to an activating group) is 1. The molecule has 2 heterocycles. The number of ketones is 1. The van der Waals surface area contributed by atoms with Crippen molar-refractivity contribution in [3.63, 3.8) is 0 Å². The second-order valence-electron chi connectivity index (χ2n) is 12.0. The Balaban J connectivity index is 1.25. The van der Waals surface area contributed by atoms with Crippen LogP contribution in [0.5, 0.6) is 0 Å². The van der Waals surface area contributed by atoms with Gasteiger partial charge < -0.3 is 25.8 Å². The molecule has 230 valence electrons. The maximum absolute atomic E-state index is 13.3. The number of aromatic nitrogens is 1. The molecular formula is C30H36ClN5O6S. The molecule has 13 heteroatoms. The van der Waals surface area contributed by atoms with Crippen LogP contribution in [-0.4, -0.2) is 53.1 Å². The van der Waals surface area contributed by atoms with Gasteiger partial charge in [-0.15, -0.1) is 11.3 Å². The third-order valence-corrected chi connectivity index (χ3v) is 10.7. The van der Waals surface area contributed by atoms with Gasteiger partial charge >= 0.3 is 0 Å². The minimum atomic E-state index is -1.26. The van der Waals surface area contributed by atoms with Crippen LogP contribution < -0.4 is 26.8 Å². The highest BCUT2D eigenvalue weighted by atomic mass is 35.5. The lowest BCUT2D eigenvalue weighted by molar-refractivity contribution is -0.137. The van der Waals surface area contributed by atoms with Crippen molar-refractivity contribution in [2.24, 2.45) is 23.7 Å². The van der Waals surface area contributed by atoms with Crippen molar-refractivity contribution in [3.05, 3.63) is 49.5 Å². The molecule has 4 aliphatic rings. The number of rotatable bonds is 11. The summed E-state index contributed by atoms with van der Waals surface area (Å²) in [5.74, 6) is -0.647. The first-order chi connectivity index (χ1) is 20.5. The number of hydrogen-bond acceptors (Lipinski definition) is 7. The van der Waals surface area contributed by atoms with Crippen LogP contribution in [0.4, 0.5) is 5.69 Å². The van der Waals surface area contributed by atoms with Gasteiger partial charge in [-0.1, -0.05) is 11.6 Å². The highest BCUT2D eigenvalue weighted by molar-refractivity contribution is 7.13. The van der Waals surface area contributed by atoms with E-state index in [1.54, 1.807) is 18.4 Å². The van der Waals surface area contributed by atoms with Gasteiger partial charge in [0.05, 0.1) is 5.02 Å². The normalized spacial score (nSPS) is 24.2. The fourth-order valence-corrected chi connectivity index (χ4v) is 8.31. The summed E-state index contributed by atoms with van der Waals surface area (Å²) in [5, 5.41) is 12.5. The lowest BCUT2D eigenvalue weighted by atomic mass is 9.54. The second-order valence-corrected chi connectivity index (χ2v) is 13.3. The van der Waals surface area contributed by atoms with Crippen LogP contribution in [0.3, 0.4) is 0 Å². The Kier molecular flexibility index (Phi) is 9.36. The topological polar surface area (TPSA) is 155 Å². The Morgan fingerprint density at radius 2 is 1.74 bits per heavy atom. The quantitative estimate of drug-likeness (QED) is 0.280. The number of thiophene rings is 1. The predicted octanol–water partition coefficient (Wildman–Crippen LogP) is 2.64. The highest BCUT2D eigenvalue weighted by Gasteiger charge is 2.48. The van der Waals surface area contributed by atoms with Crippen LogP contribution in [0.25, 0.3) is 0 Å². The van der Waals surface area contributed by atoms with E-state index in [0.717, 1.165) is 48.9 Å². The highest BCUT2D eigenvalue weighted by Crippen LogP contribution is 2.53. The molecule has 4 bridgehead atoms. The molecule has 0 saturated heterocycles. The predicted molar refractivity (Wildman–Crippen MR) is 162 cm³/mol. The van der Waals surface area contributed by atoms with Crippen molar-refractivity contribution in [1.82, 2.24) is 20.5 Å². The zero-order valence-electron chi connectivity index (χ0n) is 24.1. The first-order valence-electron chi connectivity index (χ1n) is 14.6. The van der Waals surface area contributed by atoms with Crippen LogP contribution in [0.15, 0.2) is 28.5 Å². The Morgan fingerprint density at radius 1 is 1.07 bits per heavy atom. The molecule has 0 aliphatic heterocycles. The number of amides is 4. The fourth-order valence-electron chi connectivity index (χ4n) is 7.13. The molecule has 2 aromatic heterocycles. The average Bonchev–Trinajstić information content (AvgIpc) is 3.31. The van der Waals surface area contributed by atoms with Gasteiger partial charge in [0.25, 0.3) is 17.4 Å². The number of hydrogen-bond donors (Lipinski definition) is 4. The summed E-state index contributed by atoms with van der Waals surface area (Å²) in [5.41, 5.74) is 0.0288. The molecule has 4 aliphatic carbocycles. The van der Waals surface area contributed by atoms with Crippen LogP contribution in [0, 0.1) is 30.6 Å². The molecule has 4 fully saturated rings. The van der Waals surface area contributed by atoms with E-state index in [2.05, 4.69) is 21.3 Å². The van der Waals surface area contributed by atoms with Gasteiger partial charge in [-0.05, 0) is 92.2 Å². The molecule has 0 aromatic carbocycles. The molecule has 2 aromatic rings. The average molecular weight is 630 g/mol. The van der Waals surface area contributed by atoms with E-state index in [-0.39, 0.29) is 46.9 Å². The first-order valence-corrected chi connectivity index (χ1v) is 15.9. The first kappa shape index (κ1) is 30.9. The molecule has 0 spiro atoms. The van der Waals surface area contributed by atoms with Gasteiger partial charge in [0.1, 0.15) is 23.2 Å². The molecule has 11 nitrogen and oxygen atoms in total. The molecule has 1 atom stereocenters. The zero-order valence-corrected chi connectivity index (χ0v) is 25.7. The number of Topliss-reactive ketones (excluding diaryl/α,β-unsaturated/α-hetero) is 1. The summed E-state index contributed by atoms with van der Waals surface area (Å²) in [6.07, 6.45) is 6.91. The Labute approximate surface area is 258 Å². The van der Waals surface area contributed by atoms with E-state index < -0.39 is 35.1 Å². The van der Waals surface area contributed by atoms with E-state index >= 15 is 0 Å². The number of carbonyl (C=O) groups is 5. The van der Waals surface area contributed by atoms with Crippen molar-refractivity contribution in [1.29, 1.82) is 0 Å². The summed E-state index contributed by atoms with van der Waals surface area (Å²) < 4.78 is 1.23. The number of pyridine rings is 1. The van der Waals surface area contributed by atoms with Crippen LogP contribution in [0.1, 0.15) is 60.2 Å². The van der Waals surface area contributed by atoms with Gasteiger partial charge in [0, 0.05) is 25.7 Å². The molecule has 4 saturated carbocycles. The maximum Gasteiger partial charge on any atom is 0.287 e. The third kappa shape index (κ3) is 6.85. The summed E-state index contributed by atoms with van der Waals surface area (Å²) in [6, 6.07) is 1.83. The third-order valence-electron chi connectivity index (χ3n) is 9.01. The molecule has 4 amide bonds. The smallest absolute Gasteiger partial charge is 0.287 e. The standard InChI is InChI=1S/C30H36ClN5O6S/c1-15-14-43-26(24(15)31)29(41)33-20(5-6-22(37)28(40)32-2)27(39)34-21-4-3-7-36(30(21)42)13-23(38)35-25-18-9-16-8-17(11-18)12-19(25)10-16/h3-4,7,14,16-20,25H,5-6,8-13H2,1-2H3,(H,32,40)(H,33,41)(H,34,39)(H,35,38)/t16?,17?,18?,19?,20-,25?/m0/s1. The molecule has 4 N–H and O–H groups in total. The molecular weight excluding hydrogens is 594 g/mol. The van der Waals surface area contributed by atoms with Gasteiger partial charge in [-0.2, -0.15) is 0 Å². The Hall–Kier alpha value is -3.51. The number of nitrogens with zero attached hydrogens (tertiary/aromatic N) is 1. The minimum absolute atomic E-state index is 0.0863. The van der Waals surface area contributed by atoms with E-state index in [0.29, 0.717) is 17.4 Å². The van der Waals surface area contributed by atoms with E-state index in [9.17, 15) is 28.8 Å². The number of halogens is 1. The Morgan fingerprint density at radius 3 is 2.35 bits per heavy atom. The number of nitrogens with one attached hydrogen (secondary N) is 4. The van der Waals surface area contributed by atoms with Gasteiger partial charge in [-0.25, -0.2) is 0 Å². The largest absolute Gasteiger partial charge is 0.353 e. The molecule has 43 heavy (non-hydrogen) atoms. The van der Waals surface area contributed by atoms with Crippen molar-refractivity contribution in [2.75, 3.05) is 12.4 Å². The summed E-state index contributed by atoms with van der Waals surface area (Å²) in [7, 11) is 1.32. The van der Waals surface area contributed by atoms with Crippen LogP contribution in [0.2, 0.25) is 5.02 Å². The minimum Gasteiger partial charge on any atom is -0.353 e. The van der Waals surface area contributed by atoms with Gasteiger partial charge in [-0.3, -0.25) is 28.8 Å². The zero-order chi connectivity index (χ0) is 30.8. The molecule has 6 rings (SSSR count). The maximum atomic E-state index is 13.3. The van der Waals surface area contributed by atoms with Crippen LogP contribution >= 0.6 is 22.9 Å². The second kappa shape index (κ2) is 13.0. The molecule has 0 unspecified atom stereocenters. The summed E-state index contributed by atoms with van der Waals surface area (Å²) >= 11 is 7.33. The summed E-state index contributed by atoms with van der Waals surface area (Å²) in [4.78, 5) is 76.6. The van der Waals surface area contributed by atoms with Crippen LogP contribution in [-0.2, 0) is 25.7 Å². The fraction of sp³-hybridized carbons (Fsp3) is 0.533. The van der Waals surface area contributed by atoms with Crippen molar-refractivity contribution in [2.45, 2.75) is 70.5 Å². The number of anilines is 1. The number of carbonyl (C=O) groups excluding carboxylic acids is 5. The van der Waals surface area contributed by atoms with Crippen molar-refractivity contribution < 1.29 is 24.0 Å². The van der Waals surface area contributed by atoms with Gasteiger partial charge in [0.15, 0.2) is 0 Å². The monoisotopic (exact) mass is 629 g/mol. The van der Waals surface area contributed by atoms with Crippen molar-refractivity contribution in [3.8, 4) is 0 Å². The van der Waals surface area contributed by atoms with E-state index in [1.807, 2.05) is 0 Å². The van der Waals surface area contributed by atoms with Crippen molar-refractivity contribution >= 4 is 58.0 Å². The molecule has 0 radical (unpaired) electrons. The van der Waals surface area contributed by atoms with E-state index in [1.165, 1.54) is 30.3 Å². The van der Waals surface area contributed by atoms with Gasteiger partial charge in [0.2, 0.25) is 17.6 Å². The lowest BCUT2D eigenvalue weighted by Gasteiger charge is -2.54.